The predicted molar refractivity (Wildman–Crippen MR) is 129 cm³/mol. The molecular weight excluding hydrogens is 474 g/mol. The molecule has 36 heavy (non-hydrogen) atoms. The molecule has 4 N–H and O–H groups in total. The molecule has 1 amide bonds. The van der Waals surface area contributed by atoms with Gasteiger partial charge in [-0.15, -0.1) is 0 Å². The Hall–Kier alpha value is -2.44. The van der Waals surface area contributed by atoms with Gasteiger partial charge in [-0.05, 0) is 31.0 Å². The molecule has 1 aliphatic rings. The highest BCUT2D eigenvalue weighted by atomic mass is 16.7. The van der Waals surface area contributed by atoms with Crippen molar-refractivity contribution in [1.29, 1.82) is 0 Å². The zero-order valence-electron chi connectivity index (χ0n) is 21.2. The van der Waals surface area contributed by atoms with E-state index in [-0.39, 0.29) is 23.0 Å². The van der Waals surface area contributed by atoms with Gasteiger partial charge in [0, 0.05) is 25.7 Å². The number of amides is 1. The van der Waals surface area contributed by atoms with E-state index in [2.05, 4.69) is 10.1 Å². The smallest absolute Gasteiger partial charge is 0.305 e. The number of methoxy groups -OCH3 is 3. The van der Waals surface area contributed by atoms with Crippen LogP contribution >= 0.6 is 0 Å². The quantitative estimate of drug-likeness (QED) is 0.200. The van der Waals surface area contributed by atoms with Crippen molar-refractivity contribution in [1.82, 2.24) is 5.32 Å². The molecule has 204 valence electrons. The first-order valence-corrected chi connectivity index (χ1v) is 12.2. The molecule has 11 heteroatoms. The van der Waals surface area contributed by atoms with Crippen molar-refractivity contribution in [3.05, 3.63) is 23.8 Å². The number of hydrogen-bond acceptors (Lipinski definition) is 10. The number of phenolic OH excluding ortho intramolecular Hbond substituents is 1. The molecule has 5 atom stereocenters. The number of aliphatic hydroxyl groups is 2. The molecule has 1 aliphatic heterocycles. The lowest BCUT2D eigenvalue weighted by Crippen LogP contribution is -2.65. The molecule has 0 radical (unpaired) electrons. The molecule has 0 aliphatic carbocycles. The molecule has 0 aromatic heterocycles. The van der Waals surface area contributed by atoms with Crippen LogP contribution in [0.3, 0.4) is 0 Å². The number of unbranched alkanes of at least 4 members (excludes halogenated alkanes) is 5. The molecule has 2 rings (SSSR count). The fraction of sp³-hybridized carbons (Fsp3) is 0.680. The van der Waals surface area contributed by atoms with Gasteiger partial charge in [-0.3, -0.25) is 9.59 Å². The van der Waals surface area contributed by atoms with Gasteiger partial charge >= 0.3 is 5.97 Å². The van der Waals surface area contributed by atoms with Gasteiger partial charge in [0.1, 0.15) is 24.4 Å². The first-order chi connectivity index (χ1) is 17.4. The lowest BCUT2D eigenvalue weighted by Gasteiger charge is -2.43. The summed E-state index contributed by atoms with van der Waals surface area (Å²) in [6.07, 6.45) is 1.85. The van der Waals surface area contributed by atoms with E-state index in [1.807, 2.05) is 0 Å². The van der Waals surface area contributed by atoms with Crippen molar-refractivity contribution in [2.45, 2.75) is 75.6 Å². The first kappa shape index (κ1) is 29.8. The minimum absolute atomic E-state index is 0.101. The number of benzene rings is 1. The van der Waals surface area contributed by atoms with Crippen molar-refractivity contribution in [2.24, 2.45) is 0 Å². The maximum atomic E-state index is 12.9. The van der Waals surface area contributed by atoms with E-state index in [1.54, 1.807) is 0 Å². The molecular formula is C25H39NO10. The molecule has 1 aromatic rings. The average molecular weight is 514 g/mol. The molecule has 1 saturated heterocycles. The number of nitrogens with one attached hydrogen (secondary N) is 1. The van der Waals surface area contributed by atoms with Crippen molar-refractivity contribution in [3.8, 4) is 11.5 Å². The Kier molecular flexibility index (Phi) is 12.9. The lowest BCUT2D eigenvalue weighted by molar-refractivity contribution is -0.273. The molecule has 3 unspecified atom stereocenters. The summed E-state index contributed by atoms with van der Waals surface area (Å²) in [6.45, 7) is -0.0980. The molecule has 0 saturated carbocycles. The Morgan fingerprint density at radius 1 is 1.06 bits per heavy atom. The van der Waals surface area contributed by atoms with Crippen LogP contribution in [0.15, 0.2) is 18.2 Å². The van der Waals surface area contributed by atoms with Gasteiger partial charge < -0.3 is 44.3 Å². The number of carbonyl (C=O) groups is 2. The summed E-state index contributed by atoms with van der Waals surface area (Å²) in [7, 11) is 4.16. The number of aromatic hydroxyl groups is 1. The summed E-state index contributed by atoms with van der Waals surface area (Å²) in [4.78, 5) is 24.1. The normalized spacial score (nSPS) is 23.8. The third-order valence-corrected chi connectivity index (χ3v) is 6.15. The fourth-order valence-electron chi connectivity index (χ4n) is 4.08. The highest BCUT2D eigenvalue weighted by Gasteiger charge is 2.46. The van der Waals surface area contributed by atoms with Crippen molar-refractivity contribution in [2.75, 3.05) is 34.5 Å². The van der Waals surface area contributed by atoms with Crippen LogP contribution in [0.2, 0.25) is 0 Å². The van der Waals surface area contributed by atoms with Crippen LogP contribution in [0.1, 0.15) is 55.3 Å². The van der Waals surface area contributed by atoms with Crippen molar-refractivity contribution >= 4 is 11.9 Å². The Morgan fingerprint density at radius 2 is 1.75 bits per heavy atom. The maximum Gasteiger partial charge on any atom is 0.305 e. The van der Waals surface area contributed by atoms with Crippen LogP contribution in [0.25, 0.3) is 0 Å². The highest BCUT2D eigenvalue weighted by molar-refractivity contribution is 5.95. The second-order valence-corrected chi connectivity index (χ2v) is 8.62. The first-order valence-electron chi connectivity index (χ1n) is 12.2. The topological polar surface area (TPSA) is 153 Å². The van der Waals surface area contributed by atoms with E-state index < -0.39 is 43.2 Å². The van der Waals surface area contributed by atoms with Crippen LogP contribution in [0, 0.1) is 0 Å². The van der Waals surface area contributed by atoms with E-state index in [0.29, 0.717) is 13.0 Å². The summed E-state index contributed by atoms with van der Waals surface area (Å²) in [5, 5.41) is 32.8. The molecule has 1 aromatic carbocycles. The van der Waals surface area contributed by atoms with Gasteiger partial charge in [0.15, 0.2) is 17.8 Å². The minimum Gasteiger partial charge on any atom is -0.504 e. The summed E-state index contributed by atoms with van der Waals surface area (Å²) in [5.41, 5.74) is 0.226. The summed E-state index contributed by atoms with van der Waals surface area (Å²) >= 11 is 0. The van der Waals surface area contributed by atoms with Gasteiger partial charge in [-0.25, -0.2) is 0 Å². The number of ether oxygens (including phenoxy) is 5. The SMILES string of the molecule is COC(=O)CCCCCCCCO[C@@H]1OC(CO)[C@H](O)C(OC)C1NC(=O)c1ccc(O)c(OC)c1. The number of rotatable bonds is 15. The Bertz CT molecular complexity index is 820. The minimum atomic E-state index is -1.19. The van der Waals surface area contributed by atoms with Crippen LogP contribution in [0.4, 0.5) is 0 Å². The molecule has 0 bridgehead atoms. The highest BCUT2D eigenvalue weighted by Crippen LogP contribution is 2.28. The Balaban J connectivity index is 1.93. The van der Waals surface area contributed by atoms with E-state index in [1.165, 1.54) is 39.5 Å². The summed E-state index contributed by atoms with van der Waals surface area (Å²) in [5.74, 6) is -0.651. The van der Waals surface area contributed by atoms with Crippen LogP contribution in [0.5, 0.6) is 11.5 Å². The molecule has 11 nitrogen and oxygen atoms in total. The third-order valence-electron chi connectivity index (χ3n) is 6.15. The zero-order chi connectivity index (χ0) is 26.5. The predicted octanol–water partition coefficient (Wildman–Crippen LogP) is 1.51. The Labute approximate surface area is 211 Å². The van der Waals surface area contributed by atoms with Gasteiger partial charge in [0.05, 0.1) is 20.8 Å². The number of phenols is 1. The second-order valence-electron chi connectivity index (χ2n) is 8.62. The van der Waals surface area contributed by atoms with E-state index in [0.717, 1.165) is 38.5 Å². The number of carbonyl (C=O) groups excluding carboxylic acids is 2. The van der Waals surface area contributed by atoms with Gasteiger partial charge in [-0.2, -0.15) is 0 Å². The van der Waals surface area contributed by atoms with E-state index >= 15 is 0 Å². The third kappa shape index (κ3) is 8.59. The van der Waals surface area contributed by atoms with Gasteiger partial charge in [0.2, 0.25) is 0 Å². The number of aliphatic hydroxyl groups excluding tert-OH is 2. The fourth-order valence-corrected chi connectivity index (χ4v) is 4.08. The van der Waals surface area contributed by atoms with E-state index in [4.69, 9.17) is 18.9 Å². The van der Waals surface area contributed by atoms with Gasteiger partial charge in [-0.1, -0.05) is 25.7 Å². The lowest BCUT2D eigenvalue weighted by atomic mass is 9.96. The largest absolute Gasteiger partial charge is 0.504 e. The molecule has 1 heterocycles. The number of esters is 1. The average Bonchev–Trinajstić information content (AvgIpc) is 2.88. The second kappa shape index (κ2) is 15.6. The summed E-state index contributed by atoms with van der Waals surface area (Å²) in [6, 6.07) is 3.31. The summed E-state index contributed by atoms with van der Waals surface area (Å²) < 4.78 is 26.8. The van der Waals surface area contributed by atoms with Crippen molar-refractivity contribution in [3.63, 3.8) is 0 Å². The van der Waals surface area contributed by atoms with Gasteiger partial charge in [0.25, 0.3) is 5.91 Å². The molecule has 1 fully saturated rings. The zero-order valence-corrected chi connectivity index (χ0v) is 21.2. The Morgan fingerprint density at radius 3 is 2.39 bits per heavy atom. The van der Waals surface area contributed by atoms with Crippen LogP contribution in [-0.2, 0) is 23.7 Å². The maximum absolute atomic E-state index is 12.9. The van der Waals surface area contributed by atoms with Crippen LogP contribution in [-0.4, -0.2) is 92.4 Å². The van der Waals surface area contributed by atoms with E-state index in [9.17, 15) is 24.9 Å². The standard InChI is InChI=1S/C25H39NO10/c1-32-18-14-16(11-12-17(18)28)24(31)26-21-23(34-3)22(30)19(15-27)36-25(21)35-13-9-7-5-4-6-8-10-20(29)33-2/h11-12,14,19,21-23,25,27-28,30H,4-10,13,15H2,1-3H3,(H,26,31)/t19?,21?,22-,23?,25+/m0/s1. The van der Waals surface area contributed by atoms with Crippen LogP contribution < -0.4 is 10.1 Å². The molecule has 0 spiro atoms. The van der Waals surface area contributed by atoms with Crippen molar-refractivity contribution < 1.29 is 48.6 Å². The number of hydrogen-bond donors (Lipinski definition) is 4. The monoisotopic (exact) mass is 513 g/mol.